The van der Waals surface area contributed by atoms with Gasteiger partial charge in [0, 0.05) is 12.1 Å². The molecule has 0 spiro atoms. The third-order valence-corrected chi connectivity index (χ3v) is 6.54. The summed E-state index contributed by atoms with van der Waals surface area (Å²) >= 11 is 0. The lowest BCUT2D eigenvalue weighted by Gasteiger charge is -2.29. The first-order chi connectivity index (χ1) is 19.4. The van der Waals surface area contributed by atoms with E-state index in [-0.39, 0.29) is 23.9 Å². The number of rotatable bonds is 5. The predicted octanol–water partition coefficient (Wildman–Crippen LogP) is 2.30. The highest BCUT2D eigenvalue weighted by Crippen LogP contribution is 2.40. The number of nitrogens with zero attached hydrogens (tertiary/aromatic N) is 5. The SMILES string of the molecule is [2H]COc1nc(C)c(-c2cc(C(F)(F)F)c3c(N)ncnn23)cc1C(=O)N[C@@H]1CN(C(=O)C(C)(O)C(F)(F)F)C[C@@H]1F. The molecule has 0 aliphatic carbocycles. The molecule has 1 unspecified atom stereocenters. The number of nitrogens with two attached hydrogens (primary N) is 1. The number of ether oxygens (including phenoxy) is 1. The van der Waals surface area contributed by atoms with Crippen molar-refractivity contribution in [1.82, 2.24) is 29.8 Å². The topological polar surface area (TPSA) is 148 Å². The molecule has 1 fully saturated rings. The smallest absolute Gasteiger partial charge is 0.426 e. The van der Waals surface area contributed by atoms with Crippen molar-refractivity contribution in [3.05, 3.63) is 35.3 Å². The maximum atomic E-state index is 14.8. The van der Waals surface area contributed by atoms with Crippen LogP contribution in [0.25, 0.3) is 16.8 Å². The van der Waals surface area contributed by atoms with Gasteiger partial charge in [-0.1, -0.05) is 0 Å². The molecule has 1 aliphatic heterocycles. The molecule has 0 bridgehead atoms. The zero-order chi connectivity index (χ0) is 31.4. The molecular weight excluding hydrogens is 571 g/mol. The summed E-state index contributed by atoms with van der Waals surface area (Å²) < 4.78 is 109. The first-order valence-electron chi connectivity index (χ1n) is 12.3. The number of nitrogen functional groups attached to an aromatic ring is 1. The van der Waals surface area contributed by atoms with Gasteiger partial charge in [-0.2, -0.15) is 31.4 Å². The molecule has 41 heavy (non-hydrogen) atoms. The second kappa shape index (κ2) is 10.0. The summed E-state index contributed by atoms with van der Waals surface area (Å²) in [5.41, 5.74) is -0.582. The van der Waals surface area contributed by atoms with E-state index in [1.807, 2.05) is 0 Å². The van der Waals surface area contributed by atoms with E-state index in [0.717, 1.165) is 16.9 Å². The second-order valence-electron chi connectivity index (χ2n) is 9.34. The highest BCUT2D eigenvalue weighted by atomic mass is 19.4. The van der Waals surface area contributed by atoms with Crippen molar-refractivity contribution in [2.45, 2.75) is 44.0 Å². The van der Waals surface area contributed by atoms with Crippen LogP contribution in [0.5, 0.6) is 5.88 Å². The number of anilines is 1. The Kier molecular flexibility index (Phi) is 6.91. The van der Waals surface area contributed by atoms with E-state index >= 15 is 0 Å². The number of carbonyl (C=O) groups is 2. The molecule has 1 saturated heterocycles. The fraction of sp³-hybridized carbons (Fsp3) is 0.435. The van der Waals surface area contributed by atoms with Crippen LogP contribution in [-0.4, -0.2) is 85.6 Å². The third-order valence-electron chi connectivity index (χ3n) is 6.54. The number of halogens is 7. The van der Waals surface area contributed by atoms with E-state index in [2.05, 4.69) is 20.4 Å². The molecule has 2 amide bonds. The molecule has 3 aromatic heterocycles. The van der Waals surface area contributed by atoms with Crippen LogP contribution in [0.2, 0.25) is 0 Å². The first kappa shape index (κ1) is 28.3. The number of aliphatic hydroxyl groups is 1. The minimum Gasteiger partial charge on any atom is -0.480 e. The summed E-state index contributed by atoms with van der Waals surface area (Å²) in [5, 5.41) is 15.7. The van der Waals surface area contributed by atoms with E-state index in [9.17, 15) is 45.4 Å². The first-order valence-corrected chi connectivity index (χ1v) is 11.5. The zero-order valence-electron chi connectivity index (χ0n) is 22.1. The lowest BCUT2D eigenvalue weighted by Crippen LogP contribution is -2.56. The Balaban J connectivity index is 1.71. The summed E-state index contributed by atoms with van der Waals surface area (Å²) in [5.74, 6) is -3.88. The number of nitrogens with one attached hydrogen (secondary N) is 1. The van der Waals surface area contributed by atoms with E-state index in [1.165, 1.54) is 6.92 Å². The van der Waals surface area contributed by atoms with E-state index in [0.29, 0.717) is 11.0 Å². The number of methoxy groups -OCH3 is 1. The van der Waals surface area contributed by atoms with Crippen LogP contribution in [0.15, 0.2) is 18.5 Å². The molecule has 4 heterocycles. The number of hydrogen-bond acceptors (Lipinski definition) is 8. The van der Waals surface area contributed by atoms with Gasteiger partial charge < -0.3 is 25.8 Å². The number of fused-ring (bicyclic) bond motifs is 1. The molecule has 3 atom stereocenters. The summed E-state index contributed by atoms with van der Waals surface area (Å²) in [6.45, 7) is -0.0314. The molecule has 4 rings (SSSR count). The van der Waals surface area contributed by atoms with Crippen LogP contribution < -0.4 is 15.8 Å². The number of aromatic nitrogens is 4. The number of hydrogen-bond donors (Lipinski definition) is 3. The molecule has 0 saturated carbocycles. The molecule has 11 nitrogen and oxygen atoms in total. The maximum Gasteiger partial charge on any atom is 0.426 e. The lowest BCUT2D eigenvalue weighted by molar-refractivity contribution is -0.249. The Morgan fingerprint density at radius 2 is 1.90 bits per heavy atom. The Bertz CT molecular complexity index is 1540. The van der Waals surface area contributed by atoms with Crippen molar-refractivity contribution >= 4 is 23.1 Å². The summed E-state index contributed by atoms with van der Waals surface area (Å²) in [6.07, 6.45) is -11.4. The van der Waals surface area contributed by atoms with E-state index < -0.39 is 90.5 Å². The number of carbonyl (C=O) groups excluding carboxylic acids is 2. The second-order valence-corrected chi connectivity index (χ2v) is 9.34. The van der Waals surface area contributed by atoms with Crippen LogP contribution in [0.4, 0.5) is 36.6 Å². The normalized spacial score (nSPS) is 19.7. The molecule has 3 aromatic rings. The molecule has 0 radical (unpaired) electrons. The van der Waals surface area contributed by atoms with Crippen LogP contribution in [-0.2, 0) is 11.0 Å². The molecule has 4 N–H and O–H groups in total. The Morgan fingerprint density at radius 1 is 1.22 bits per heavy atom. The largest absolute Gasteiger partial charge is 0.480 e. The molecule has 18 heteroatoms. The van der Waals surface area contributed by atoms with E-state index in [4.69, 9.17) is 11.8 Å². The molecule has 1 aliphatic rings. The monoisotopic (exact) mass is 594 g/mol. The quantitative estimate of drug-likeness (QED) is 0.382. The van der Waals surface area contributed by atoms with Crippen molar-refractivity contribution in [2.75, 3.05) is 25.9 Å². The summed E-state index contributed by atoms with van der Waals surface area (Å²) in [6, 6.07) is 0.224. The Labute approximate surface area is 227 Å². The van der Waals surface area contributed by atoms with Crippen LogP contribution >= 0.6 is 0 Å². The summed E-state index contributed by atoms with van der Waals surface area (Å²) in [7, 11) is -0.744. The number of pyridine rings is 1. The predicted molar refractivity (Wildman–Crippen MR) is 126 cm³/mol. The van der Waals surface area contributed by atoms with Crippen molar-refractivity contribution in [3.63, 3.8) is 0 Å². The average Bonchev–Trinajstić information content (AvgIpc) is 3.45. The fourth-order valence-electron chi connectivity index (χ4n) is 4.33. The maximum absolute atomic E-state index is 14.8. The number of likely N-dealkylation sites (tertiary alicyclic amines) is 1. The van der Waals surface area contributed by atoms with Gasteiger partial charge >= 0.3 is 12.4 Å². The fourth-order valence-corrected chi connectivity index (χ4v) is 4.33. The minimum atomic E-state index is -5.35. The van der Waals surface area contributed by atoms with Gasteiger partial charge in [-0.05, 0) is 26.0 Å². The van der Waals surface area contributed by atoms with Gasteiger partial charge in [-0.3, -0.25) is 9.59 Å². The van der Waals surface area contributed by atoms with Crippen molar-refractivity contribution in [3.8, 4) is 17.1 Å². The van der Waals surface area contributed by atoms with Gasteiger partial charge in [0.25, 0.3) is 11.8 Å². The Hall–Kier alpha value is -4.22. The zero-order valence-corrected chi connectivity index (χ0v) is 21.1. The van der Waals surface area contributed by atoms with Gasteiger partial charge in [0.05, 0.1) is 38.0 Å². The minimum absolute atomic E-state index is 0.0377. The highest BCUT2D eigenvalue weighted by Gasteiger charge is 2.58. The molecule has 222 valence electrons. The van der Waals surface area contributed by atoms with Crippen molar-refractivity contribution in [2.24, 2.45) is 0 Å². The van der Waals surface area contributed by atoms with Gasteiger partial charge in [-0.25, -0.2) is 18.9 Å². The average molecular weight is 594 g/mol. The highest BCUT2D eigenvalue weighted by molar-refractivity contribution is 5.98. The van der Waals surface area contributed by atoms with Crippen LogP contribution in [0.3, 0.4) is 0 Å². The number of alkyl halides is 7. The Morgan fingerprint density at radius 3 is 2.51 bits per heavy atom. The van der Waals surface area contributed by atoms with Crippen molar-refractivity contribution in [1.29, 1.82) is 0 Å². The van der Waals surface area contributed by atoms with Gasteiger partial charge in [0.15, 0.2) is 5.82 Å². The number of amides is 2. The third kappa shape index (κ3) is 5.18. The van der Waals surface area contributed by atoms with E-state index in [1.54, 1.807) is 0 Å². The standard InChI is InChI=1S/C23H22F7N7O4/c1-9-10(15-5-12(22(25,26)27)16-17(31)32-8-33-37(15)16)4-11(19(34-9)41-3)18(38)35-14-7-36(6-13(14)24)20(39)21(2,40)23(28,29)30/h4-5,8,13-14,40H,6-7H2,1-3H3,(H,35,38)(H2,31,32,33)/t13-,14+,21?/m0/s1/i3D. The van der Waals surface area contributed by atoms with Gasteiger partial charge in [-0.15, -0.1) is 0 Å². The lowest BCUT2D eigenvalue weighted by atomic mass is 10.1. The number of aryl methyl sites for hydroxylation is 1. The summed E-state index contributed by atoms with van der Waals surface area (Å²) in [4.78, 5) is 33.6. The molecule has 0 aromatic carbocycles. The molecular formula is C23H22F7N7O4. The van der Waals surface area contributed by atoms with Crippen molar-refractivity contribution < 1.29 is 51.5 Å². The van der Waals surface area contributed by atoms with Crippen LogP contribution in [0.1, 0.15) is 29.9 Å². The van der Waals surface area contributed by atoms with Crippen LogP contribution in [0, 0.1) is 6.92 Å². The van der Waals surface area contributed by atoms with Gasteiger partial charge in [0.1, 0.15) is 23.6 Å². The van der Waals surface area contributed by atoms with Gasteiger partial charge in [0.2, 0.25) is 11.5 Å².